The van der Waals surface area contributed by atoms with E-state index in [-0.39, 0.29) is 12.5 Å². The van der Waals surface area contributed by atoms with Gasteiger partial charge in [-0.15, -0.1) is 0 Å². The highest BCUT2D eigenvalue weighted by atomic mass is 16.5. The van der Waals surface area contributed by atoms with E-state index in [0.717, 1.165) is 5.56 Å². The maximum absolute atomic E-state index is 11.8. The zero-order valence-corrected chi connectivity index (χ0v) is 11.4. The van der Waals surface area contributed by atoms with Gasteiger partial charge in [-0.05, 0) is 12.5 Å². The largest absolute Gasteiger partial charge is 0.493 e. The lowest BCUT2D eigenvalue weighted by atomic mass is 10.1. The van der Waals surface area contributed by atoms with Crippen LogP contribution in [0.3, 0.4) is 0 Å². The van der Waals surface area contributed by atoms with E-state index >= 15 is 0 Å². The van der Waals surface area contributed by atoms with Gasteiger partial charge in [-0.2, -0.15) is 0 Å². The summed E-state index contributed by atoms with van der Waals surface area (Å²) in [4.78, 5) is 22.5. The smallest absolute Gasteiger partial charge is 0.307 e. The molecule has 1 fully saturated rings. The van der Waals surface area contributed by atoms with Crippen LogP contribution in [0.5, 0.6) is 11.5 Å². The first-order chi connectivity index (χ1) is 9.58. The van der Waals surface area contributed by atoms with Crippen LogP contribution in [0.25, 0.3) is 0 Å². The topological polar surface area (TPSA) is 84.9 Å². The number of methoxy groups -OCH3 is 2. The van der Waals surface area contributed by atoms with Crippen molar-refractivity contribution < 1.29 is 24.2 Å². The van der Waals surface area contributed by atoms with Crippen LogP contribution < -0.4 is 14.8 Å². The molecular formula is C14H17NO5. The average Bonchev–Trinajstić information content (AvgIpc) is 3.24. The van der Waals surface area contributed by atoms with Gasteiger partial charge in [0.15, 0.2) is 11.5 Å². The Morgan fingerprint density at radius 1 is 1.30 bits per heavy atom. The van der Waals surface area contributed by atoms with Gasteiger partial charge in [-0.25, -0.2) is 0 Å². The second-order valence-corrected chi connectivity index (χ2v) is 4.66. The fourth-order valence-corrected chi connectivity index (χ4v) is 2.16. The van der Waals surface area contributed by atoms with Crippen molar-refractivity contribution in [3.05, 3.63) is 23.8 Å². The lowest BCUT2D eigenvalue weighted by Gasteiger charge is -2.13. The van der Waals surface area contributed by atoms with Gasteiger partial charge in [0.1, 0.15) is 0 Å². The molecule has 1 aromatic carbocycles. The first-order valence-corrected chi connectivity index (χ1v) is 6.28. The highest BCUT2D eigenvalue weighted by Crippen LogP contribution is 2.39. The zero-order valence-electron chi connectivity index (χ0n) is 11.4. The Morgan fingerprint density at radius 3 is 2.60 bits per heavy atom. The summed E-state index contributed by atoms with van der Waals surface area (Å²) >= 11 is 0. The van der Waals surface area contributed by atoms with Crippen LogP contribution in [-0.4, -0.2) is 31.2 Å². The van der Waals surface area contributed by atoms with E-state index in [1.54, 1.807) is 19.2 Å². The molecule has 0 aliphatic heterocycles. The highest BCUT2D eigenvalue weighted by Gasteiger charge is 2.48. The Kier molecular flexibility index (Phi) is 4.12. The molecule has 2 rings (SSSR count). The lowest BCUT2D eigenvalue weighted by molar-refractivity contribution is -0.140. The van der Waals surface area contributed by atoms with Gasteiger partial charge in [0, 0.05) is 12.1 Å². The molecule has 0 bridgehead atoms. The van der Waals surface area contributed by atoms with Gasteiger partial charge >= 0.3 is 5.97 Å². The van der Waals surface area contributed by atoms with E-state index < -0.39 is 17.8 Å². The van der Waals surface area contributed by atoms with Crippen LogP contribution in [0.1, 0.15) is 12.0 Å². The molecule has 1 aliphatic carbocycles. The van der Waals surface area contributed by atoms with E-state index in [4.69, 9.17) is 14.6 Å². The number of hydrogen-bond donors (Lipinski definition) is 2. The van der Waals surface area contributed by atoms with E-state index in [2.05, 4.69) is 5.32 Å². The number of carbonyl (C=O) groups excluding carboxylic acids is 1. The lowest BCUT2D eigenvalue weighted by Crippen LogP contribution is -2.26. The number of amides is 1. The molecule has 0 aromatic heterocycles. The Balaban J connectivity index is 1.98. The van der Waals surface area contributed by atoms with E-state index in [1.165, 1.54) is 7.11 Å². The number of rotatable bonds is 6. The molecule has 0 saturated heterocycles. The number of aliphatic carboxylic acids is 1. The molecule has 0 heterocycles. The monoisotopic (exact) mass is 279 g/mol. The van der Waals surface area contributed by atoms with Crippen molar-refractivity contribution >= 4 is 11.9 Å². The number of benzene rings is 1. The summed E-state index contributed by atoms with van der Waals surface area (Å²) in [5.41, 5.74) is 0.785. The van der Waals surface area contributed by atoms with Crippen LogP contribution in [0, 0.1) is 11.8 Å². The van der Waals surface area contributed by atoms with Crippen LogP contribution in [0.15, 0.2) is 18.2 Å². The number of ether oxygens (including phenoxy) is 2. The summed E-state index contributed by atoms with van der Waals surface area (Å²) in [6.07, 6.45) is 0.413. The minimum Gasteiger partial charge on any atom is -0.493 e. The molecular weight excluding hydrogens is 262 g/mol. The van der Waals surface area contributed by atoms with Gasteiger partial charge < -0.3 is 19.9 Å². The summed E-state index contributed by atoms with van der Waals surface area (Å²) in [5, 5.41) is 11.5. The molecule has 1 amide bonds. The third-order valence-corrected chi connectivity index (χ3v) is 3.38. The Hall–Kier alpha value is -2.24. The Morgan fingerprint density at radius 2 is 2.05 bits per heavy atom. The van der Waals surface area contributed by atoms with Crippen molar-refractivity contribution in [3.63, 3.8) is 0 Å². The van der Waals surface area contributed by atoms with E-state index in [0.29, 0.717) is 17.9 Å². The summed E-state index contributed by atoms with van der Waals surface area (Å²) in [7, 11) is 3.08. The number of hydrogen-bond acceptors (Lipinski definition) is 4. The van der Waals surface area contributed by atoms with Gasteiger partial charge in [0.05, 0.1) is 26.1 Å². The average molecular weight is 279 g/mol. The van der Waals surface area contributed by atoms with Gasteiger partial charge in [0.2, 0.25) is 5.91 Å². The molecule has 2 N–H and O–H groups in total. The summed E-state index contributed by atoms with van der Waals surface area (Å²) < 4.78 is 10.4. The standard InChI is InChI=1S/C14H17NO5/c1-19-11-5-3-4-8(12(11)20-2)7-15-13(16)9-6-10(9)14(17)18/h3-5,9-10H,6-7H2,1-2H3,(H,15,16)(H,17,18)/t9-,10+/m0/s1. The minimum absolute atomic E-state index is 0.234. The fraction of sp³-hybridized carbons (Fsp3) is 0.429. The Labute approximate surface area is 116 Å². The number of carbonyl (C=O) groups is 2. The highest BCUT2D eigenvalue weighted by molar-refractivity contribution is 5.89. The summed E-state index contributed by atoms with van der Waals surface area (Å²) in [5.74, 6) is -0.937. The number of carboxylic acid groups (broad SMARTS) is 1. The third kappa shape index (κ3) is 2.84. The van der Waals surface area contributed by atoms with Crippen molar-refractivity contribution in [1.82, 2.24) is 5.32 Å². The van der Waals surface area contributed by atoms with Gasteiger partial charge in [0.25, 0.3) is 0 Å². The molecule has 108 valence electrons. The normalized spacial score (nSPS) is 20.1. The van der Waals surface area contributed by atoms with Crippen molar-refractivity contribution in [2.75, 3.05) is 14.2 Å². The molecule has 0 spiro atoms. The summed E-state index contributed by atoms with van der Waals surface area (Å²) in [6.45, 7) is 0.280. The molecule has 6 heteroatoms. The number of nitrogens with one attached hydrogen (secondary N) is 1. The van der Waals surface area contributed by atoms with E-state index in [9.17, 15) is 9.59 Å². The van der Waals surface area contributed by atoms with Crippen LogP contribution in [0.4, 0.5) is 0 Å². The predicted octanol–water partition coefficient (Wildman–Crippen LogP) is 1.04. The SMILES string of the molecule is COc1cccc(CNC(=O)[C@H]2C[C@H]2C(=O)O)c1OC. The molecule has 20 heavy (non-hydrogen) atoms. The maximum Gasteiger partial charge on any atom is 0.307 e. The first kappa shape index (κ1) is 14.2. The number of para-hydroxylation sites is 1. The molecule has 1 aliphatic rings. The van der Waals surface area contributed by atoms with Gasteiger partial charge in [-0.3, -0.25) is 9.59 Å². The quantitative estimate of drug-likeness (QED) is 0.812. The molecule has 1 aromatic rings. The fourth-order valence-electron chi connectivity index (χ4n) is 2.16. The van der Waals surface area contributed by atoms with Crippen LogP contribution >= 0.6 is 0 Å². The molecule has 2 atom stereocenters. The van der Waals surface area contributed by atoms with Crippen molar-refractivity contribution in [3.8, 4) is 11.5 Å². The first-order valence-electron chi connectivity index (χ1n) is 6.28. The molecule has 0 radical (unpaired) electrons. The third-order valence-electron chi connectivity index (χ3n) is 3.38. The van der Waals surface area contributed by atoms with Crippen molar-refractivity contribution in [2.24, 2.45) is 11.8 Å². The molecule has 6 nitrogen and oxygen atoms in total. The molecule has 0 unspecified atom stereocenters. The van der Waals surface area contributed by atoms with Gasteiger partial charge in [-0.1, -0.05) is 12.1 Å². The second-order valence-electron chi connectivity index (χ2n) is 4.66. The molecule has 1 saturated carbocycles. The minimum atomic E-state index is -0.913. The maximum atomic E-state index is 11.8. The van der Waals surface area contributed by atoms with Crippen LogP contribution in [0.2, 0.25) is 0 Å². The second kappa shape index (κ2) is 5.81. The van der Waals surface area contributed by atoms with E-state index in [1.807, 2.05) is 6.07 Å². The Bertz CT molecular complexity index is 528. The summed E-state index contributed by atoms with van der Waals surface area (Å²) in [6, 6.07) is 5.40. The predicted molar refractivity (Wildman–Crippen MR) is 70.6 cm³/mol. The zero-order chi connectivity index (χ0) is 14.7. The number of carboxylic acids is 1. The van der Waals surface area contributed by atoms with Crippen LogP contribution in [-0.2, 0) is 16.1 Å². The van der Waals surface area contributed by atoms with Crippen molar-refractivity contribution in [1.29, 1.82) is 0 Å². The van der Waals surface area contributed by atoms with Crippen molar-refractivity contribution in [2.45, 2.75) is 13.0 Å².